The zero-order valence-corrected chi connectivity index (χ0v) is 25.2. The largest absolute Gasteiger partial charge is 0.378 e. The fourth-order valence-corrected chi connectivity index (χ4v) is 10.5. The highest BCUT2D eigenvalue weighted by Crippen LogP contribution is 2.81. The molecule has 3 saturated carbocycles. The second-order valence-electron chi connectivity index (χ2n) is 15.2. The molecule has 0 spiro atoms. The highest BCUT2D eigenvalue weighted by atomic mass is 16.5. The number of fused-ring (bicyclic) bond motifs is 5. The third-order valence-electron chi connectivity index (χ3n) is 13.7. The standard InChI is InChI=1S/C34H58O2/c1-25(2)12-11-13-26(3)29-16-19-32(6)31(29,5)20-21-33(7)30(4)17-15-28(36-23-10-9-22-35)24-27(30)14-18-34(32,33)8/h14,22,25-26,28-29H,9-13,15-21,23-24H2,1-8H3/t26-,28-,29+,30+,31-,32-,33-,34+/m1/s1. The lowest BCUT2D eigenvalue weighted by Gasteiger charge is -2.73. The highest BCUT2D eigenvalue weighted by molar-refractivity contribution is 5.48. The number of hydrogen-bond donors (Lipinski definition) is 0. The summed E-state index contributed by atoms with van der Waals surface area (Å²) in [6.45, 7) is 21.6. The van der Waals surface area contributed by atoms with Crippen molar-refractivity contribution in [1.29, 1.82) is 0 Å². The molecular weight excluding hydrogens is 440 g/mol. The molecular formula is C34H58O2. The Labute approximate surface area is 223 Å². The van der Waals surface area contributed by atoms with Gasteiger partial charge in [-0.05, 0) is 103 Å². The predicted molar refractivity (Wildman–Crippen MR) is 152 cm³/mol. The maximum absolute atomic E-state index is 10.7. The lowest BCUT2D eigenvalue weighted by atomic mass is 9.31. The first kappa shape index (κ1) is 28.4. The Hall–Kier alpha value is -0.630. The van der Waals surface area contributed by atoms with Gasteiger partial charge in [0.15, 0.2) is 0 Å². The van der Waals surface area contributed by atoms with E-state index in [0.29, 0.717) is 34.2 Å². The van der Waals surface area contributed by atoms with Crippen LogP contribution < -0.4 is 0 Å². The third kappa shape index (κ3) is 4.10. The van der Waals surface area contributed by atoms with Crippen LogP contribution >= 0.6 is 0 Å². The molecule has 3 fully saturated rings. The van der Waals surface area contributed by atoms with Crippen molar-refractivity contribution in [3.05, 3.63) is 11.6 Å². The van der Waals surface area contributed by atoms with Crippen molar-refractivity contribution in [1.82, 2.24) is 0 Å². The summed E-state index contributed by atoms with van der Waals surface area (Å²) in [6.07, 6.45) is 20.1. The fourth-order valence-electron chi connectivity index (χ4n) is 10.5. The first-order valence-electron chi connectivity index (χ1n) is 15.6. The fraction of sp³-hybridized carbons (Fsp3) is 0.912. The summed E-state index contributed by atoms with van der Waals surface area (Å²) < 4.78 is 6.27. The maximum atomic E-state index is 10.7. The molecule has 8 atom stereocenters. The minimum atomic E-state index is 0.286. The van der Waals surface area contributed by atoms with Crippen LogP contribution in [0.3, 0.4) is 0 Å². The smallest absolute Gasteiger partial charge is 0.120 e. The zero-order valence-electron chi connectivity index (χ0n) is 25.2. The van der Waals surface area contributed by atoms with E-state index in [9.17, 15) is 4.79 Å². The summed E-state index contributed by atoms with van der Waals surface area (Å²) >= 11 is 0. The average molecular weight is 499 g/mol. The van der Waals surface area contributed by atoms with Gasteiger partial charge in [0.2, 0.25) is 0 Å². The topological polar surface area (TPSA) is 26.3 Å². The molecule has 2 heteroatoms. The Morgan fingerprint density at radius 2 is 1.67 bits per heavy atom. The minimum absolute atomic E-state index is 0.286. The number of hydrogen-bond acceptors (Lipinski definition) is 2. The highest BCUT2D eigenvalue weighted by Gasteiger charge is 2.73. The molecule has 0 radical (unpaired) electrons. The van der Waals surface area contributed by atoms with Gasteiger partial charge in [-0.3, -0.25) is 0 Å². The summed E-state index contributed by atoms with van der Waals surface area (Å²) in [5.41, 5.74) is 3.52. The van der Waals surface area contributed by atoms with Crippen LogP contribution in [0.1, 0.15) is 139 Å². The van der Waals surface area contributed by atoms with Crippen molar-refractivity contribution < 1.29 is 9.53 Å². The molecule has 4 rings (SSSR count). The average Bonchev–Trinajstić information content (AvgIpc) is 3.11. The molecule has 0 saturated heterocycles. The molecule has 0 N–H and O–H groups in total. The van der Waals surface area contributed by atoms with Crippen LogP contribution in [0.4, 0.5) is 0 Å². The van der Waals surface area contributed by atoms with E-state index in [4.69, 9.17) is 4.74 Å². The monoisotopic (exact) mass is 498 g/mol. The summed E-state index contributed by atoms with van der Waals surface area (Å²) in [4.78, 5) is 10.7. The van der Waals surface area contributed by atoms with Crippen molar-refractivity contribution >= 4 is 6.29 Å². The van der Waals surface area contributed by atoms with Crippen LogP contribution in [0.2, 0.25) is 0 Å². The number of carbonyl (C=O) groups excluding carboxylic acids is 1. The number of aldehydes is 1. The Morgan fingerprint density at radius 1 is 0.917 bits per heavy atom. The van der Waals surface area contributed by atoms with Gasteiger partial charge in [0.05, 0.1) is 6.10 Å². The Kier molecular flexibility index (Phi) is 8.01. The van der Waals surface area contributed by atoms with Gasteiger partial charge in [-0.15, -0.1) is 0 Å². The van der Waals surface area contributed by atoms with Gasteiger partial charge in [0, 0.05) is 13.0 Å². The van der Waals surface area contributed by atoms with Gasteiger partial charge in [-0.1, -0.05) is 86.3 Å². The molecule has 206 valence electrons. The van der Waals surface area contributed by atoms with Crippen molar-refractivity contribution in [2.24, 2.45) is 44.8 Å². The minimum Gasteiger partial charge on any atom is -0.378 e. The second-order valence-corrected chi connectivity index (χ2v) is 15.2. The van der Waals surface area contributed by atoms with E-state index in [1.807, 2.05) is 0 Å². The normalized spacial score (nSPS) is 45.0. The molecule has 0 aromatic carbocycles. The van der Waals surface area contributed by atoms with E-state index < -0.39 is 0 Å². The van der Waals surface area contributed by atoms with Crippen molar-refractivity contribution in [3.8, 4) is 0 Å². The van der Waals surface area contributed by atoms with Gasteiger partial charge in [0.1, 0.15) is 6.29 Å². The number of unbranched alkanes of at least 4 members (excludes halogenated alkanes) is 1. The summed E-state index contributed by atoms with van der Waals surface area (Å²) in [5, 5.41) is 0. The molecule has 4 aliphatic rings. The van der Waals surface area contributed by atoms with Crippen molar-refractivity contribution in [2.45, 2.75) is 145 Å². The number of allylic oxidation sites excluding steroid dienone is 1. The summed E-state index contributed by atoms with van der Waals surface area (Å²) in [5.74, 6) is 2.56. The van der Waals surface area contributed by atoms with Crippen molar-refractivity contribution in [2.75, 3.05) is 6.61 Å². The lowest BCUT2D eigenvalue weighted by Crippen LogP contribution is -2.66. The van der Waals surface area contributed by atoms with Gasteiger partial charge in [-0.25, -0.2) is 0 Å². The molecule has 0 aromatic rings. The molecule has 0 bridgehead atoms. The Morgan fingerprint density at radius 3 is 2.36 bits per heavy atom. The first-order chi connectivity index (χ1) is 16.9. The van der Waals surface area contributed by atoms with Crippen LogP contribution in [0.5, 0.6) is 0 Å². The summed E-state index contributed by atoms with van der Waals surface area (Å²) in [6, 6.07) is 0. The van der Waals surface area contributed by atoms with Gasteiger partial charge in [0.25, 0.3) is 0 Å². The maximum Gasteiger partial charge on any atom is 0.120 e. The van der Waals surface area contributed by atoms with Crippen LogP contribution in [-0.4, -0.2) is 19.0 Å². The lowest BCUT2D eigenvalue weighted by molar-refractivity contribution is -0.223. The van der Waals surface area contributed by atoms with E-state index >= 15 is 0 Å². The van der Waals surface area contributed by atoms with E-state index in [1.54, 1.807) is 5.57 Å². The van der Waals surface area contributed by atoms with Crippen LogP contribution in [0, 0.1) is 44.8 Å². The number of rotatable bonds is 10. The Balaban J connectivity index is 1.56. The predicted octanol–water partition coefficient (Wildman–Crippen LogP) is 9.56. The van der Waals surface area contributed by atoms with E-state index in [-0.39, 0.29) is 5.41 Å². The molecule has 36 heavy (non-hydrogen) atoms. The second kappa shape index (κ2) is 10.2. The van der Waals surface area contributed by atoms with Gasteiger partial charge in [-0.2, -0.15) is 0 Å². The molecule has 4 aliphatic carbocycles. The third-order valence-corrected chi connectivity index (χ3v) is 13.7. The molecule has 0 heterocycles. The quantitative estimate of drug-likeness (QED) is 0.170. The molecule has 0 aromatic heterocycles. The molecule has 2 nitrogen and oxygen atoms in total. The Bertz CT molecular complexity index is 829. The zero-order chi connectivity index (χ0) is 26.4. The SMILES string of the molecule is CC(C)CCC[C@@H](C)[C@@H]1CC[C@@]2(C)[C@]3(C)CC=C4C[C@H](OCCCC=O)CC[C@]4(C)[C@@]3(C)CC[C@]12C. The van der Waals surface area contributed by atoms with Crippen LogP contribution in [0.25, 0.3) is 0 Å². The molecule has 0 aliphatic heterocycles. The van der Waals surface area contributed by atoms with Gasteiger partial charge >= 0.3 is 0 Å². The number of carbonyl (C=O) groups is 1. The summed E-state index contributed by atoms with van der Waals surface area (Å²) in [7, 11) is 0. The van der Waals surface area contributed by atoms with Crippen molar-refractivity contribution in [3.63, 3.8) is 0 Å². The van der Waals surface area contributed by atoms with E-state index in [0.717, 1.165) is 43.5 Å². The number of ether oxygens (including phenoxy) is 1. The van der Waals surface area contributed by atoms with Crippen LogP contribution in [-0.2, 0) is 9.53 Å². The van der Waals surface area contributed by atoms with E-state index in [1.165, 1.54) is 64.2 Å². The first-order valence-corrected chi connectivity index (χ1v) is 15.6. The molecule has 0 amide bonds. The molecule has 0 unspecified atom stereocenters. The van der Waals surface area contributed by atoms with Gasteiger partial charge < -0.3 is 9.53 Å². The van der Waals surface area contributed by atoms with E-state index in [2.05, 4.69) is 61.5 Å². The van der Waals surface area contributed by atoms with Crippen LogP contribution in [0.15, 0.2) is 11.6 Å².